The molecule has 0 radical (unpaired) electrons. The molecule has 56 heavy (non-hydrogen) atoms. The Morgan fingerprint density at radius 3 is 1.61 bits per heavy atom. The number of aromatic nitrogens is 4. The lowest BCUT2D eigenvalue weighted by Crippen LogP contribution is -2.01. The van der Waals surface area contributed by atoms with E-state index in [0.29, 0.717) is 17.5 Å². The zero-order chi connectivity index (χ0) is 36.7. The average molecular weight is 731 g/mol. The van der Waals surface area contributed by atoms with Gasteiger partial charge in [-0.1, -0.05) is 152 Å². The first-order chi connectivity index (χ1) is 27.7. The molecule has 0 aliphatic rings. The van der Waals surface area contributed by atoms with Crippen LogP contribution in [0.25, 0.3) is 114 Å². The maximum atomic E-state index is 5.21. The molecule has 4 nitrogen and oxygen atoms in total. The number of thiophene rings is 1. The zero-order valence-corrected chi connectivity index (χ0v) is 30.8. The van der Waals surface area contributed by atoms with E-state index in [4.69, 9.17) is 15.0 Å². The summed E-state index contributed by atoms with van der Waals surface area (Å²) in [5, 5.41) is 12.4. The predicted molar refractivity (Wildman–Crippen MR) is 236 cm³/mol. The largest absolute Gasteiger partial charge is 0.308 e. The van der Waals surface area contributed by atoms with Crippen molar-refractivity contribution in [2.24, 2.45) is 0 Å². The molecule has 3 aromatic heterocycles. The summed E-state index contributed by atoms with van der Waals surface area (Å²) in [5.41, 5.74) is 6.27. The van der Waals surface area contributed by atoms with Gasteiger partial charge in [-0.25, -0.2) is 15.0 Å². The van der Waals surface area contributed by atoms with Crippen LogP contribution in [0.2, 0.25) is 0 Å². The SMILES string of the molecule is c1ccc(-c2nc(-c3ccccc3)nc(-c3cc(-n4c5cc6ccccc6cc5c5c6ccccc6ccc54)c4c(c3)sc3c5ccccc5ccc34)n2)cc1. The lowest BCUT2D eigenvalue weighted by Gasteiger charge is -2.14. The lowest BCUT2D eigenvalue weighted by molar-refractivity contribution is 1.07. The van der Waals surface area contributed by atoms with Crippen LogP contribution in [0.5, 0.6) is 0 Å². The molecule has 260 valence electrons. The van der Waals surface area contributed by atoms with Crippen molar-refractivity contribution in [3.63, 3.8) is 0 Å². The van der Waals surface area contributed by atoms with Gasteiger partial charge >= 0.3 is 0 Å². The van der Waals surface area contributed by atoms with Gasteiger partial charge in [0.1, 0.15) is 0 Å². The van der Waals surface area contributed by atoms with Gasteiger partial charge in [0.15, 0.2) is 17.5 Å². The van der Waals surface area contributed by atoms with E-state index >= 15 is 0 Å². The molecule has 0 amide bonds. The molecular formula is C51H30N4S. The van der Waals surface area contributed by atoms with E-state index in [0.717, 1.165) is 27.9 Å². The van der Waals surface area contributed by atoms with Gasteiger partial charge in [-0.3, -0.25) is 0 Å². The maximum Gasteiger partial charge on any atom is 0.164 e. The van der Waals surface area contributed by atoms with Crippen molar-refractivity contribution < 1.29 is 0 Å². The van der Waals surface area contributed by atoms with Crippen LogP contribution >= 0.6 is 11.3 Å². The van der Waals surface area contributed by atoms with Crippen LogP contribution in [0.15, 0.2) is 182 Å². The van der Waals surface area contributed by atoms with Crippen LogP contribution in [0.4, 0.5) is 0 Å². The van der Waals surface area contributed by atoms with Crippen molar-refractivity contribution in [3.8, 4) is 39.9 Å². The normalized spacial score (nSPS) is 11.9. The highest BCUT2D eigenvalue weighted by molar-refractivity contribution is 7.26. The summed E-state index contributed by atoms with van der Waals surface area (Å²) in [5.74, 6) is 1.93. The first kappa shape index (κ1) is 31.2. The molecule has 0 saturated heterocycles. The molecule has 5 heteroatoms. The van der Waals surface area contributed by atoms with Gasteiger partial charge in [-0.15, -0.1) is 11.3 Å². The van der Waals surface area contributed by atoms with Crippen molar-refractivity contribution in [3.05, 3.63) is 182 Å². The minimum absolute atomic E-state index is 0.639. The van der Waals surface area contributed by atoms with E-state index in [9.17, 15) is 0 Å². The third-order valence-electron chi connectivity index (χ3n) is 11.2. The zero-order valence-electron chi connectivity index (χ0n) is 30.0. The van der Waals surface area contributed by atoms with Gasteiger partial charge < -0.3 is 4.57 Å². The van der Waals surface area contributed by atoms with E-state index in [1.807, 2.05) is 47.7 Å². The number of fused-ring (bicyclic) bond motifs is 11. The molecule has 0 atom stereocenters. The summed E-state index contributed by atoms with van der Waals surface area (Å²) in [7, 11) is 0. The summed E-state index contributed by atoms with van der Waals surface area (Å²) in [6.07, 6.45) is 0. The number of rotatable bonds is 4. The second kappa shape index (κ2) is 12.2. The minimum atomic E-state index is 0.639. The fraction of sp³-hybridized carbons (Fsp3) is 0. The Morgan fingerprint density at radius 1 is 0.357 bits per heavy atom. The van der Waals surface area contributed by atoms with Gasteiger partial charge in [0.05, 0.1) is 16.7 Å². The van der Waals surface area contributed by atoms with Crippen molar-refractivity contribution in [1.29, 1.82) is 0 Å². The van der Waals surface area contributed by atoms with Crippen LogP contribution in [0, 0.1) is 0 Å². The molecule has 0 spiro atoms. The molecule has 0 unspecified atom stereocenters. The number of hydrogen-bond acceptors (Lipinski definition) is 4. The Bertz CT molecular complexity index is 3470. The Hall–Kier alpha value is -7.21. The Kier molecular flexibility index (Phi) is 6.76. The molecular weight excluding hydrogens is 701 g/mol. The molecule has 3 heterocycles. The second-order valence-electron chi connectivity index (χ2n) is 14.4. The average Bonchev–Trinajstić information content (AvgIpc) is 3.81. The molecule has 0 saturated carbocycles. The number of nitrogens with zero attached hydrogens (tertiary/aromatic N) is 4. The highest BCUT2D eigenvalue weighted by Crippen LogP contribution is 2.46. The summed E-state index contributed by atoms with van der Waals surface area (Å²) in [6.45, 7) is 0. The van der Waals surface area contributed by atoms with Gasteiger partial charge in [0, 0.05) is 47.6 Å². The standard InChI is InChI=1S/C51H30N4S/c1-3-15-33(16-4-1)49-52-50(34-17-5-2-6-18-34)54-51(53-49)37-29-44(47-40-25-23-32-14-10-12-22-39(32)48(40)56-45(47)30-37)55-42-26-24-31-13-9-11-21-38(31)46(42)41-27-35-19-7-8-20-36(35)28-43(41)55/h1-30H. The molecule has 0 aliphatic carbocycles. The maximum absolute atomic E-state index is 5.21. The smallest absolute Gasteiger partial charge is 0.164 e. The number of benzene rings is 9. The van der Waals surface area contributed by atoms with Gasteiger partial charge in [0.2, 0.25) is 0 Å². The first-order valence-electron chi connectivity index (χ1n) is 18.9. The molecule has 0 bridgehead atoms. The van der Waals surface area contributed by atoms with E-state index in [2.05, 4.69) is 150 Å². The van der Waals surface area contributed by atoms with Crippen molar-refractivity contribution in [2.75, 3.05) is 0 Å². The van der Waals surface area contributed by atoms with Crippen molar-refractivity contribution in [2.45, 2.75) is 0 Å². The summed E-state index contributed by atoms with van der Waals surface area (Å²) < 4.78 is 4.95. The highest BCUT2D eigenvalue weighted by atomic mass is 32.1. The monoisotopic (exact) mass is 730 g/mol. The Balaban J connectivity index is 1.24. The van der Waals surface area contributed by atoms with Gasteiger partial charge in [0.25, 0.3) is 0 Å². The number of hydrogen-bond donors (Lipinski definition) is 0. The molecule has 0 N–H and O–H groups in total. The van der Waals surface area contributed by atoms with E-state index in [1.54, 1.807) is 0 Å². The Morgan fingerprint density at radius 2 is 0.911 bits per heavy atom. The first-order valence-corrected chi connectivity index (χ1v) is 19.7. The fourth-order valence-electron chi connectivity index (χ4n) is 8.59. The quantitative estimate of drug-likeness (QED) is 0.181. The van der Waals surface area contributed by atoms with Crippen LogP contribution in [0.1, 0.15) is 0 Å². The van der Waals surface area contributed by atoms with Crippen LogP contribution < -0.4 is 0 Å². The lowest BCUT2D eigenvalue weighted by atomic mass is 10.0. The van der Waals surface area contributed by atoms with Crippen molar-refractivity contribution >= 4 is 85.6 Å². The molecule has 12 rings (SSSR count). The summed E-state index contributed by atoms with van der Waals surface area (Å²) >= 11 is 1.84. The molecule has 0 fully saturated rings. The predicted octanol–water partition coefficient (Wildman–Crippen LogP) is 13.8. The fourth-order valence-corrected chi connectivity index (χ4v) is 9.89. The van der Waals surface area contributed by atoms with Gasteiger partial charge in [-0.05, 0) is 62.6 Å². The van der Waals surface area contributed by atoms with Crippen LogP contribution in [-0.4, -0.2) is 19.5 Å². The molecule has 9 aromatic carbocycles. The van der Waals surface area contributed by atoms with E-state index < -0.39 is 0 Å². The van der Waals surface area contributed by atoms with Gasteiger partial charge in [-0.2, -0.15) is 0 Å². The summed E-state index contributed by atoms with van der Waals surface area (Å²) in [4.78, 5) is 15.4. The molecule has 12 aromatic rings. The minimum Gasteiger partial charge on any atom is -0.308 e. The molecule has 0 aliphatic heterocycles. The third kappa shape index (κ3) is 4.75. The summed E-state index contributed by atoms with van der Waals surface area (Å²) in [6, 6.07) is 65.0. The van der Waals surface area contributed by atoms with E-state index in [-0.39, 0.29) is 0 Å². The Labute approximate surface area is 325 Å². The topological polar surface area (TPSA) is 43.6 Å². The highest BCUT2D eigenvalue weighted by Gasteiger charge is 2.22. The van der Waals surface area contributed by atoms with Crippen LogP contribution in [0.3, 0.4) is 0 Å². The third-order valence-corrected chi connectivity index (χ3v) is 12.3. The van der Waals surface area contributed by atoms with Crippen molar-refractivity contribution in [1.82, 2.24) is 19.5 Å². The van der Waals surface area contributed by atoms with E-state index in [1.165, 1.54) is 68.8 Å². The second-order valence-corrected chi connectivity index (χ2v) is 15.5. The van der Waals surface area contributed by atoms with Crippen LogP contribution in [-0.2, 0) is 0 Å².